The SMILES string of the molecule is Cn1nccc1Nc1nccc(-c2ccnc(NNC(=O)C(O)C(C)(C)c3ccc(F)cc3)c2)n1. The molecule has 1 amide bonds. The zero-order valence-corrected chi connectivity index (χ0v) is 19.4. The monoisotopic (exact) mass is 476 g/mol. The summed E-state index contributed by atoms with van der Waals surface area (Å²) in [5, 5.41) is 17.8. The number of carbonyl (C=O) groups is 1. The lowest BCUT2D eigenvalue weighted by molar-refractivity contribution is -0.131. The van der Waals surface area contributed by atoms with Crippen LogP contribution in [0.2, 0.25) is 0 Å². The van der Waals surface area contributed by atoms with Crippen molar-refractivity contribution in [1.29, 1.82) is 0 Å². The average Bonchev–Trinajstić information content (AvgIpc) is 3.26. The summed E-state index contributed by atoms with van der Waals surface area (Å²) in [5.41, 5.74) is 6.25. The summed E-state index contributed by atoms with van der Waals surface area (Å²) in [6.07, 6.45) is 3.47. The fraction of sp³-hybridized carbons (Fsp3) is 0.208. The van der Waals surface area contributed by atoms with Gasteiger partial charge in [0.05, 0.1) is 11.9 Å². The number of hydrazine groups is 1. The summed E-state index contributed by atoms with van der Waals surface area (Å²) in [7, 11) is 1.80. The van der Waals surface area contributed by atoms with Gasteiger partial charge >= 0.3 is 0 Å². The molecule has 0 saturated heterocycles. The molecular weight excluding hydrogens is 451 g/mol. The molecule has 0 fully saturated rings. The molecule has 1 unspecified atom stereocenters. The van der Waals surface area contributed by atoms with Crippen LogP contribution in [0.25, 0.3) is 11.3 Å². The van der Waals surface area contributed by atoms with Gasteiger partial charge in [0, 0.05) is 36.5 Å². The highest BCUT2D eigenvalue weighted by Gasteiger charge is 2.35. The third-order valence-electron chi connectivity index (χ3n) is 5.61. The van der Waals surface area contributed by atoms with Crippen LogP contribution in [-0.2, 0) is 17.3 Å². The summed E-state index contributed by atoms with van der Waals surface area (Å²) in [6, 6.07) is 12.7. The van der Waals surface area contributed by atoms with E-state index in [1.165, 1.54) is 12.1 Å². The van der Waals surface area contributed by atoms with E-state index in [1.807, 2.05) is 0 Å². The van der Waals surface area contributed by atoms with Crippen molar-refractivity contribution in [1.82, 2.24) is 30.2 Å². The maximum Gasteiger partial charge on any atom is 0.268 e. The van der Waals surface area contributed by atoms with Gasteiger partial charge < -0.3 is 10.4 Å². The molecule has 3 heterocycles. The third-order valence-corrected chi connectivity index (χ3v) is 5.61. The fourth-order valence-corrected chi connectivity index (χ4v) is 3.41. The minimum Gasteiger partial charge on any atom is -0.382 e. The normalized spacial score (nSPS) is 12.1. The third kappa shape index (κ3) is 5.41. The van der Waals surface area contributed by atoms with E-state index in [-0.39, 0.29) is 5.82 Å². The van der Waals surface area contributed by atoms with Crippen molar-refractivity contribution in [3.63, 3.8) is 0 Å². The second-order valence-corrected chi connectivity index (χ2v) is 8.41. The van der Waals surface area contributed by atoms with Crippen LogP contribution in [0.3, 0.4) is 0 Å². The summed E-state index contributed by atoms with van der Waals surface area (Å²) in [5.74, 6) is 0.444. The molecule has 1 atom stereocenters. The Hall–Kier alpha value is -4.38. The first kappa shape index (κ1) is 23.8. The highest BCUT2D eigenvalue weighted by atomic mass is 19.1. The minimum atomic E-state index is -1.40. The predicted octanol–water partition coefficient (Wildman–Crippen LogP) is 2.94. The summed E-state index contributed by atoms with van der Waals surface area (Å²) in [6.45, 7) is 3.41. The van der Waals surface area contributed by atoms with E-state index in [9.17, 15) is 14.3 Å². The number of anilines is 3. The van der Waals surface area contributed by atoms with Gasteiger partial charge in [-0.3, -0.25) is 20.3 Å². The number of carbonyl (C=O) groups excluding carboxylic acids is 1. The number of nitrogens with one attached hydrogen (secondary N) is 3. The number of aryl methyl sites for hydroxylation is 1. The molecule has 4 N–H and O–H groups in total. The van der Waals surface area contributed by atoms with Crippen LogP contribution in [0.4, 0.5) is 22.0 Å². The zero-order valence-electron chi connectivity index (χ0n) is 19.4. The number of benzene rings is 1. The number of nitrogens with zero attached hydrogens (tertiary/aromatic N) is 5. The Bertz CT molecular complexity index is 1320. The van der Waals surface area contributed by atoms with E-state index >= 15 is 0 Å². The van der Waals surface area contributed by atoms with Crippen LogP contribution in [0.15, 0.2) is 67.1 Å². The highest BCUT2D eigenvalue weighted by Crippen LogP contribution is 2.28. The largest absolute Gasteiger partial charge is 0.382 e. The molecule has 4 rings (SSSR count). The molecular formula is C24H25FN8O2. The summed E-state index contributed by atoms with van der Waals surface area (Å²) < 4.78 is 14.9. The standard InChI is InChI=1S/C24H25FN8O2/c1-24(2,16-4-6-17(25)7-5-16)21(34)22(35)32-31-19-14-15(8-11-26-19)18-9-12-27-23(29-18)30-20-10-13-28-33(20)3/h4-14,21,34H,1-3H3,(H,26,31)(H,32,35)(H,27,29,30). The van der Waals surface area contributed by atoms with E-state index in [2.05, 4.69) is 36.2 Å². The Kier molecular flexibility index (Phi) is 6.69. The lowest BCUT2D eigenvalue weighted by Crippen LogP contribution is -2.48. The number of aliphatic hydroxyl groups is 1. The van der Waals surface area contributed by atoms with Crippen LogP contribution in [0, 0.1) is 5.82 Å². The second-order valence-electron chi connectivity index (χ2n) is 8.41. The van der Waals surface area contributed by atoms with E-state index in [0.29, 0.717) is 23.0 Å². The quantitative estimate of drug-likeness (QED) is 0.286. The number of hydrogen-bond donors (Lipinski definition) is 4. The van der Waals surface area contributed by atoms with Crippen LogP contribution in [0.5, 0.6) is 0 Å². The molecule has 10 nitrogen and oxygen atoms in total. The number of aromatic nitrogens is 5. The van der Waals surface area contributed by atoms with Gasteiger partial charge in [-0.25, -0.2) is 19.3 Å². The Balaban J connectivity index is 1.43. The molecule has 0 aliphatic heterocycles. The van der Waals surface area contributed by atoms with Crippen molar-refractivity contribution >= 4 is 23.5 Å². The number of halogens is 1. The van der Waals surface area contributed by atoms with Gasteiger partial charge in [-0.05, 0) is 35.9 Å². The van der Waals surface area contributed by atoms with Gasteiger partial charge in [-0.15, -0.1) is 0 Å². The van der Waals surface area contributed by atoms with Gasteiger partial charge in [-0.1, -0.05) is 26.0 Å². The predicted molar refractivity (Wildman–Crippen MR) is 129 cm³/mol. The molecule has 180 valence electrons. The van der Waals surface area contributed by atoms with E-state index in [4.69, 9.17) is 0 Å². The minimum absolute atomic E-state index is 0.349. The zero-order chi connectivity index (χ0) is 25.0. The summed E-state index contributed by atoms with van der Waals surface area (Å²) in [4.78, 5) is 25.6. The topological polar surface area (TPSA) is 130 Å². The van der Waals surface area contributed by atoms with E-state index < -0.39 is 17.4 Å². The van der Waals surface area contributed by atoms with Gasteiger partial charge in [-0.2, -0.15) is 5.10 Å². The second kappa shape index (κ2) is 9.85. The molecule has 1 aromatic carbocycles. The van der Waals surface area contributed by atoms with Crippen molar-refractivity contribution in [3.05, 3.63) is 78.5 Å². The van der Waals surface area contributed by atoms with Crippen molar-refractivity contribution in [2.75, 3.05) is 10.7 Å². The summed E-state index contributed by atoms with van der Waals surface area (Å²) >= 11 is 0. The molecule has 0 bridgehead atoms. The average molecular weight is 477 g/mol. The van der Waals surface area contributed by atoms with Crippen LogP contribution in [0.1, 0.15) is 19.4 Å². The fourth-order valence-electron chi connectivity index (χ4n) is 3.41. The lowest BCUT2D eigenvalue weighted by atomic mass is 9.79. The van der Waals surface area contributed by atoms with Gasteiger partial charge in [0.15, 0.2) is 0 Å². The Morgan fingerprint density at radius 1 is 1.06 bits per heavy atom. The molecule has 0 spiro atoms. The van der Waals surface area contributed by atoms with Crippen LogP contribution < -0.4 is 16.2 Å². The van der Waals surface area contributed by atoms with E-state index in [1.54, 1.807) is 80.6 Å². The molecule has 35 heavy (non-hydrogen) atoms. The first-order valence-electron chi connectivity index (χ1n) is 10.8. The first-order chi connectivity index (χ1) is 16.7. The molecule has 0 aliphatic carbocycles. The number of amides is 1. The smallest absolute Gasteiger partial charge is 0.268 e. The van der Waals surface area contributed by atoms with Crippen molar-refractivity contribution < 1.29 is 14.3 Å². The lowest BCUT2D eigenvalue weighted by Gasteiger charge is -2.30. The van der Waals surface area contributed by atoms with Crippen molar-refractivity contribution in [3.8, 4) is 11.3 Å². The van der Waals surface area contributed by atoms with Crippen LogP contribution in [-0.4, -0.2) is 41.9 Å². The molecule has 3 aromatic heterocycles. The molecule has 0 saturated carbocycles. The maximum absolute atomic E-state index is 13.2. The van der Waals surface area contributed by atoms with Crippen LogP contribution >= 0.6 is 0 Å². The van der Waals surface area contributed by atoms with Crippen molar-refractivity contribution in [2.45, 2.75) is 25.4 Å². The molecule has 11 heteroatoms. The van der Waals surface area contributed by atoms with Gasteiger partial charge in [0.1, 0.15) is 23.6 Å². The number of pyridine rings is 1. The first-order valence-corrected chi connectivity index (χ1v) is 10.8. The molecule has 0 radical (unpaired) electrons. The highest BCUT2D eigenvalue weighted by molar-refractivity contribution is 5.83. The Labute approximate surface area is 201 Å². The Morgan fingerprint density at radius 3 is 2.51 bits per heavy atom. The number of hydrogen-bond acceptors (Lipinski definition) is 8. The number of rotatable bonds is 8. The van der Waals surface area contributed by atoms with E-state index in [0.717, 1.165) is 11.4 Å². The number of aliphatic hydroxyl groups excluding tert-OH is 1. The molecule has 4 aromatic rings. The van der Waals surface area contributed by atoms with Crippen molar-refractivity contribution in [2.24, 2.45) is 7.05 Å². The molecule has 0 aliphatic rings. The van der Waals surface area contributed by atoms with Gasteiger partial charge in [0.25, 0.3) is 5.91 Å². The Morgan fingerprint density at radius 2 is 1.80 bits per heavy atom. The van der Waals surface area contributed by atoms with Gasteiger partial charge in [0.2, 0.25) is 5.95 Å². The maximum atomic E-state index is 13.2.